The van der Waals surface area contributed by atoms with Gasteiger partial charge in [-0.25, -0.2) is 0 Å². The predicted octanol–water partition coefficient (Wildman–Crippen LogP) is -0.846. The molecule has 1 amide bonds. The van der Waals surface area contributed by atoms with E-state index in [1.807, 2.05) is 13.1 Å². The Morgan fingerprint density at radius 1 is 1.81 bits per heavy atom. The molecule has 2 rings (SSSR count). The number of hydrogen-bond acceptors (Lipinski definition) is 4. The van der Waals surface area contributed by atoms with Crippen molar-refractivity contribution in [3.05, 3.63) is 18.0 Å². The molecule has 6 heteroatoms. The van der Waals surface area contributed by atoms with E-state index >= 15 is 0 Å². The number of carbonyl (C=O) groups excluding carboxylic acids is 1. The average Bonchev–Trinajstić information content (AvgIpc) is 2.85. The van der Waals surface area contributed by atoms with Crippen LogP contribution in [0, 0.1) is 0 Å². The van der Waals surface area contributed by atoms with Gasteiger partial charge in [-0.3, -0.25) is 9.48 Å². The molecule has 3 N–H and O–H groups in total. The Bertz CT molecular complexity index is 382. The van der Waals surface area contributed by atoms with Crippen LogP contribution >= 0.6 is 0 Å². The number of carbonyl (C=O) groups is 1. The molecule has 1 atom stereocenters. The summed E-state index contributed by atoms with van der Waals surface area (Å²) in [5, 5.41) is 6.82. The van der Waals surface area contributed by atoms with Gasteiger partial charge in [0.2, 0.25) is 5.91 Å². The zero-order chi connectivity index (χ0) is 11.6. The van der Waals surface area contributed by atoms with Crippen molar-refractivity contribution in [3.8, 4) is 0 Å². The van der Waals surface area contributed by atoms with Crippen molar-refractivity contribution in [3.63, 3.8) is 0 Å². The second-order valence-corrected chi connectivity index (χ2v) is 4.09. The molecule has 1 saturated heterocycles. The lowest BCUT2D eigenvalue weighted by molar-refractivity contribution is -0.126. The molecule has 16 heavy (non-hydrogen) atoms. The smallest absolute Gasteiger partial charge is 0.242 e. The number of ether oxygens (including phenoxy) is 1. The van der Waals surface area contributed by atoms with Crippen molar-refractivity contribution in [2.75, 3.05) is 13.2 Å². The Kier molecular flexibility index (Phi) is 2.93. The molecule has 0 aliphatic carbocycles. The lowest BCUT2D eigenvalue weighted by atomic mass is 9.99. The van der Waals surface area contributed by atoms with Crippen LogP contribution in [-0.2, 0) is 23.1 Å². The van der Waals surface area contributed by atoms with E-state index < -0.39 is 5.54 Å². The van der Waals surface area contributed by atoms with Gasteiger partial charge in [0, 0.05) is 19.9 Å². The molecule has 6 nitrogen and oxygen atoms in total. The summed E-state index contributed by atoms with van der Waals surface area (Å²) in [5.41, 5.74) is 6.00. The highest BCUT2D eigenvalue weighted by Gasteiger charge is 2.37. The largest absolute Gasteiger partial charge is 0.379 e. The van der Waals surface area contributed by atoms with Gasteiger partial charge in [0.15, 0.2) is 0 Å². The summed E-state index contributed by atoms with van der Waals surface area (Å²) < 4.78 is 6.86. The molecule has 88 valence electrons. The van der Waals surface area contributed by atoms with Crippen LogP contribution in [-0.4, -0.2) is 34.4 Å². The maximum absolute atomic E-state index is 11.8. The fourth-order valence-corrected chi connectivity index (χ4v) is 1.68. The first-order valence-electron chi connectivity index (χ1n) is 5.24. The van der Waals surface area contributed by atoms with E-state index in [-0.39, 0.29) is 5.91 Å². The van der Waals surface area contributed by atoms with Crippen LogP contribution < -0.4 is 11.1 Å². The van der Waals surface area contributed by atoms with E-state index in [1.54, 1.807) is 10.9 Å². The Labute approximate surface area is 93.8 Å². The Morgan fingerprint density at radius 3 is 3.19 bits per heavy atom. The number of aromatic nitrogens is 2. The Balaban J connectivity index is 1.91. The maximum Gasteiger partial charge on any atom is 0.242 e. The lowest BCUT2D eigenvalue weighted by Gasteiger charge is -2.20. The van der Waals surface area contributed by atoms with Crippen molar-refractivity contribution in [2.45, 2.75) is 18.5 Å². The molecule has 1 aliphatic heterocycles. The third-order valence-electron chi connectivity index (χ3n) is 2.86. The molecule has 0 radical (unpaired) electrons. The molecular weight excluding hydrogens is 208 g/mol. The number of amides is 1. The van der Waals surface area contributed by atoms with Gasteiger partial charge in [-0.05, 0) is 12.5 Å². The summed E-state index contributed by atoms with van der Waals surface area (Å²) in [6.07, 6.45) is 2.27. The highest BCUT2D eigenvalue weighted by atomic mass is 16.5. The van der Waals surface area contributed by atoms with E-state index in [2.05, 4.69) is 10.4 Å². The Hall–Kier alpha value is -1.40. The third kappa shape index (κ3) is 2.07. The SMILES string of the molecule is Cn1nccc1CNC(=O)C1(N)CCOC1. The summed E-state index contributed by atoms with van der Waals surface area (Å²) in [5.74, 6) is -0.161. The van der Waals surface area contributed by atoms with Crippen LogP contribution in [0.5, 0.6) is 0 Å². The van der Waals surface area contributed by atoms with Crippen LogP contribution in [0.1, 0.15) is 12.1 Å². The van der Waals surface area contributed by atoms with E-state index in [0.717, 1.165) is 5.69 Å². The van der Waals surface area contributed by atoms with Crippen LogP contribution in [0.2, 0.25) is 0 Å². The fourth-order valence-electron chi connectivity index (χ4n) is 1.68. The molecule has 1 aliphatic rings. The summed E-state index contributed by atoms with van der Waals surface area (Å²) in [4.78, 5) is 11.8. The number of nitrogens with zero attached hydrogens (tertiary/aromatic N) is 2. The van der Waals surface area contributed by atoms with Crippen molar-refractivity contribution < 1.29 is 9.53 Å². The molecule has 1 aromatic heterocycles. The average molecular weight is 224 g/mol. The van der Waals surface area contributed by atoms with Crippen LogP contribution in [0.3, 0.4) is 0 Å². The standard InChI is InChI=1S/C10H16N4O2/c1-14-8(2-4-13-14)6-12-9(15)10(11)3-5-16-7-10/h2,4H,3,5-7,11H2,1H3,(H,12,15). The number of aryl methyl sites for hydroxylation is 1. The van der Waals surface area contributed by atoms with Gasteiger partial charge < -0.3 is 15.8 Å². The zero-order valence-electron chi connectivity index (χ0n) is 9.27. The molecule has 0 aromatic carbocycles. The monoisotopic (exact) mass is 224 g/mol. The summed E-state index contributed by atoms with van der Waals surface area (Å²) in [7, 11) is 1.83. The highest BCUT2D eigenvalue weighted by molar-refractivity contribution is 5.86. The normalized spacial score (nSPS) is 24.6. The van der Waals surface area contributed by atoms with E-state index in [1.165, 1.54) is 0 Å². The van der Waals surface area contributed by atoms with Crippen LogP contribution in [0.15, 0.2) is 12.3 Å². The van der Waals surface area contributed by atoms with Crippen LogP contribution in [0.25, 0.3) is 0 Å². The second-order valence-electron chi connectivity index (χ2n) is 4.09. The van der Waals surface area contributed by atoms with Gasteiger partial charge in [0.05, 0.1) is 18.8 Å². The van der Waals surface area contributed by atoms with Crippen LogP contribution in [0.4, 0.5) is 0 Å². The van der Waals surface area contributed by atoms with Gasteiger partial charge in [-0.2, -0.15) is 5.10 Å². The van der Waals surface area contributed by atoms with Gasteiger partial charge in [0.25, 0.3) is 0 Å². The molecule has 2 heterocycles. The van der Waals surface area contributed by atoms with Gasteiger partial charge in [-0.1, -0.05) is 0 Å². The summed E-state index contributed by atoms with van der Waals surface area (Å²) in [6, 6.07) is 1.86. The van der Waals surface area contributed by atoms with Gasteiger partial charge in [-0.15, -0.1) is 0 Å². The molecular formula is C10H16N4O2. The summed E-state index contributed by atoms with van der Waals surface area (Å²) >= 11 is 0. The minimum Gasteiger partial charge on any atom is -0.379 e. The molecule has 1 unspecified atom stereocenters. The number of nitrogens with two attached hydrogens (primary N) is 1. The van der Waals surface area contributed by atoms with E-state index in [9.17, 15) is 4.79 Å². The molecule has 1 aromatic rings. The summed E-state index contributed by atoms with van der Waals surface area (Å²) in [6.45, 7) is 1.29. The third-order valence-corrected chi connectivity index (χ3v) is 2.86. The zero-order valence-corrected chi connectivity index (χ0v) is 9.27. The number of nitrogens with one attached hydrogen (secondary N) is 1. The van der Waals surface area contributed by atoms with Crippen molar-refractivity contribution in [1.82, 2.24) is 15.1 Å². The minimum absolute atomic E-state index is 0.161. The predicted molar refractivity (Wildman–Crippen MR) is 57.4 cm³/mol. The van der Waals surface area contributed by atoms with Crippen molar-refractivity contribution in [1.29, 1.82) is 0 Å². The maximum atomic E-state index is 11.8. The molecule has 0 saturated carbocycles. The number of rotatable bonds is 3. The first-order valence-corrected chi connectivity index (χ1v) is 5.24. The first kappa shape index (κ1) is 11.1. The van der Waals surface area contributed by atoms with Gasteiger partial charge in [0.1, 0.15) is 5.54 Å². The minimum atomic E-state index is -0.863. The second kappa shape index (κ2) is 4.23. The quantitative estimate of drug-likeness (QED) is 0.701. The molecule has 1 fully saturated rings. The van der Waals surface area contributed by atoms with Gasteiger partial charge >= 0.3 is 0 Å². The highest BCUT2D eigenvalue weighted by Crippen LogP contribution is 2.15. The van der Waals surface area contributed by atoms with E-state index in [4.69, 9.17) is 10.5 Å². The van der Waals surface area contributed by atoms with Crippen molar-refractivity contribution >= 4 is 5.91 Å². The number of hydrogen-bond donors (Lipinski definition) is 2. The first-order chi connectivity index (χ1) is 7.62. The van der Waals surface area contributed by atoms with Crippen molar-refractivity contribution in [2.24, 2.45) is 12.8 Å². The topological polar surface area (TPSA) is 82.2 Å². The fraction of sp³-hybridized carbons (Fsp3) is 0.600. The molecule has 0 bridgehead atoms. The Morgan fingerprint density at radius 2 is 2.62 bits per heavy atom. The van der Waals surface area contributed by atoms with E-state index in [0.29, 0.717) is 26.2 Å². The molecule has 0 spiro atoms. The lowest BCUT2D eigenvalue weighted by Crippen LogP contribution is -2.54.